The van der Waals surface area contributed by atoms with Gasteiger partial charge in [-0.1, -0.05) is 23.7 Å². The Kier molecular flexibility index (Phi) is 9.30. The zero-order valence-corrected chi connectivity index (χ0v) is 21.6. The van der Waals surface area contributed by atoms with Gasteiger partial charge in [0.15, 0.2) is 0 Å². The summed E-state index contributed by atoms with van der Waals surface area (Å²) in [4.78, 5) is 23.4. The minimum atomic E-state index is -0.446. The van der Waals surface area contributed by atoms with Gasteiger partial charge in [-0.2, -0.15) is 5.10 Å². The predicted octanol–water partition coefficient (Wildman–Crippen LogP) is 6.59. The van der Waals surface area contributed by atoms with Crippen molar-refractivity contribution in [3.05, 3.63) is 95.9 Å². The first-order valence-corrected chi connectivity index (χ1v) is 12.3. The van der Waals surface area contributed by atoms with Gasteiger partial charge in [0.2, 0.25) is 5.91 Å². The van der Waals surface area contributed by atoms with E-state index < -0.39 is 4.92 Å². The van der Waals surface area contributed by atoms with Crippen molar-refractivity contribution in [1.82, 2.24) is 5.43 Å². The fourth-order valence-electron chi connectivity index (χ4n) is 2.60. The Hall–Kier alpha value is -2.40. The normalized spacial score (nSPS) is 10.9. The summed E-state index contributed by atoms with van der Waals surface area (Å²) in [6, 6.07) is 17.1. The molecule has 33 heavy (non-hydrogen) atoms. The van der Waals surface area contributed by atoms with Crippen molar-refractivity contribution in [3.63, 3.8) is 0 Å². The zero-order valence-electron chi connectivity index (χ0n) is 16.8. The van der Waals surface area contributed by atoms with Crippen LogP contribution in [0.4, 0.5) is 5.69 Å². The van der Waals surface area contributed by atoms with Crippen molar-refractivity contribution in [2.45, 2.75) is 11.5 Å². The van der Waals surface area contributed by atoms with Gasteiger partial charge in [0.1, 0.15) is 12.4 Å². The van der Waals surface area contributed by atoms with Crippen molar-refractivity contribution >= 4 is 73.0 Å². The van der Waals surface area contributed by atoms with Crippen molar-refractivity contribution in [2.24, 2.45) is 5.10 Å². The van der Waals surface area contributed by atoms with E-state index in [0.717, 1.165) is 10.5 Å². The molecule has 0 bridgehead atoms. The number of nitrogens with one attached hydrogen (secondary N) is 1. The molecule has 0 aliphatic rings. The first kappa shape index (κ1) is 25.2. The molecule has 7 nitrogen and oxygen atoms in total. The Morgan fingerprint density at radius 2 is 1.85 bits per heavy atom. The van der Waals surface area contributed by atoms with Crippen LogP contribution in [0.25, 0.3) is 0 Å². The number of hydrogen-bond donors (Lipinski definition) is 1. The number of carbonyl (C=O) groups is 1. The summed E-state index contributed by atoms with van der Waals surface area (Å²) in [7, 11) is 0. The van der Waals surface area contributed by atoms with E-state index >= 15 is 0 Å². The molecule has 3 aromatic carbocycles. The quantitative estimate of drug-likeness (QED) is 0.127. The molecule has 0 saturated carbocycles. The maximum Gasteiger partial charge on any atom is 0.269 e. The molecule has 0 spiro atoms. The molecule has 170 valence electrons. The zero-order chi connectivity index (χ0) is 23.8. The van der Waals surface area contributed by atoms with Crippen LogP contribution in [0.3, 0.4) is 0 Å². The summed E-state index contributed by atoms with van der Waals surface area (Å²) >= 11 is 14.2. The monoisotopic (exact) mass is 611 g/mol. The van der Waals surface area contributed by atoms with Gasteiger partial charge in [-0.15, -0.1) is 11.8 Å². The van der Waals surface area contributed by atoms with E-state index in [1.807, 2.05) is 12.1 Å². The predicted molar refractivity (Wildman–Crippen MR) is 137 cm³/mol. The van der Waals surface area contributed by atoms with Gasteiger partial charge in [-0.05, 0) is 79.4 Å². The number of rotatable bonds is 9. The molecule has 0 radical (unpaired) electrons. The Balaban J connectivity index is 1.55. The second kappa shape index (κ2) is 12.2. The van der Waals surface area contributed by atoms with Gasteiger partial charge in [0.05, 0.1) is 25.8 Å². The molecule has 0 aromatic heterocycles. The molecule has 0 atom stereocenters. The number of nitrogens with zero attached hydrogens (tertiary/aromatic N) is 2. The Morgan fingerprint density at radius 1 is 1.15 bits per heavy atom. The van der Waals surface area contributed by atoms with Crippen LogP contribution >= 0.6 is 55.2 Å². The Bertz CT molecular complexity index is 1170. The summed E-state index contributed by atoms with van der Waals surface area (Å²) in [6.07, 6.45) is 1.52. The number of benzene rings is 3. The second-order valence-corrected chi connectivity index (χ2v) is 9.76. The van der Waals surface area contributed by atoms with Crippen LogP contribution < -0.4 is 10.2 Å². The molecule has 11 heteroatoms. The maximum absolute atomic E-state index is 12.0. The summed E-state index contributed by atoms with van der Waals surface area (Å²) < 4.78 is 7.15. The fraction of sp³-hybridized carbons (Fsp3) is 0.0909. The van der Waals surface area contributed by atoms with Crippen molar-refractivity contribution < 1.29 is 14.5 Å². The van der Waals surface area contributed by atoms with E-state index in [-0.39, 0.29) is 24.0 Å². The SMILES string of the molecule is O=C(CSc1ccc(Cl)cc1)N/N=C\c1cc(Br)c(OCc2cccc([N+](=O)[O-])c2)c(Br)c1. The summed E-state index contributed by atoms with van der Waals surface area (Å²) in [5, 5.41) is 15.6. The maximum atomic E-state index is 12.0. The molecule has 0 heterocycles. The number of thioether (sulfide) groups is 1. The average Bonchev–Trinajstić information content (AvgIpc) is 2.78. The van der Waals surface area contributed by atoms with Gasteiger partial charge in [-0.3, -0.25) is 14.9 Å². The Morgan fingerprint density at radius 3 is 2.52 bits per heavy atom. The van der Waals surface area contributed by atoms with Gasteiger partial charge < -0.3 is 4.74 Å². The minimum Gasteiger partial charge on any atom is -0.487 e. The van der Waals surface area contributed by atoms with Crippen LogP contribution in [-0.4, -0.2) is 22.8 Å². The number of nitro benzene ring substituents is 1. The lowest BCUT2D eigenvalue weighted by molar-refractivity contribution is -0.384. The minimum absolute atomic E-state index is 0.00871. The lowest BCUT2D eigenvalue weighted by Crippen LogP contribution is -2.19. The van der Waals surface area contributed by atoms with Crippen molar-refractivity contribution in [2.75, 3.05) is 5.75 Å². The van der Waals surface area contributed by atoms with E-state index in [9.17, 15) is 14.9 Å². The van der Waals surface area contributed by atoms with Gasteiger partial charge in [0.25, 0.3) is 5.69 Å². The molecular formula is C22H16Br2ClN3O4S. The molecule has 3 rings (SSSR count). The van der Waals surface area contributed by atoms with Crippen LogP contribution in [0.5, 0.6) is 5.75 Å². The first-order valence-electron chi connectivity index (χ1n) is 9.37. The highest BCUT2D eigenvalue weighted by Crippen LogP contribution is 2.35. The molecule has 0 unspecified atom stereocenters. The molecular weight excluding hydrogens is 598 g/mol. The van der Waals surface area contributed by atoms with Crippen molar-refractivity contribution in [1.29, 1.82) is 0 Å². The third kappa shape index (κ3) is 7.85. The van der Waals surface area contributed by atoms with Gasteiger partial charge in [0, 0.05) is 22.1 Å². The standard InChI is InChI=1S/C22H16Br2ClN3O4S/c23-19-9-15(11-26-27-21(29)13-33-18-6-4-16(25)5-7-18)10-20(24)22(19)32-12-14-2-1-3-17(8-14)28(30)31/h1-11H,12-13H2,(H,27,29)/b26-11-. The van der Waals surface area contributed by atoms with Gasteiger partial charge in [-0.25, -0.2) is 5.43 Å². The second-order valence-electron chi connectivity index (χ2n) is 6.57. The van der Waals surface area contributed by atoms with E-state index in [0.29, 0.717) is 25.3 Å². The van der Waals surface area contributed by atoms with Crippen LogP contribution in [0, 0.1) is 10.1 Å². The molecule has 1 amide bonds. The van der Waals surface area contributed by atoms with Gasteiger partial charge >= 0.3 is 0 Å². The summed E-state index contributed by atoms with van der Waals surface area (Å²) in [5.41, 5.74) is 3.90. The van der Waals surface area contributed by atoms with Crippen LogP contribution in [-0.2, 0) is 11.4 Å². The molecule has 0 aliphatic carbocycles. The third-order valence-corrected chi connectivity index (χ3v) is 6.55. The Labute approximate surface area is 216 Å². The van der Waals surface area contributed by atoms with Crippen LogP contribution in [0.1, 0.15) is 11.1 Å². The molecule has 0 fully saturated rings. The highest BCUT2D eigenvalue weighted by Gasteiger charge is 2.11. The highest BCUT2D eigenvalue weighted by molar-refractivity contribution is 9.11. The summed E-state index contributed by atoms with van der Waals surface area (Å²) in [5.74, 6) is 0.528. The van der Waals surface area contributed by atoms with Crippen LogP contribution in [0.15, 0.2) is 79.6 Å². The smallest absolute Gasteiger partial charge is 0.269 e. The number of ether oxygens (including phenoxy) is 1. The number of nitro groups is 1. The lowest BCUT2D eigenvalue weighted by atomic mass is 10.2. The van der Waals surface area contributed by atoms with Crippen molar-refractivity contribution in [3.8, 4) is 5.75 Å². The molecule has 0 saturated heterocycles. The highest BCUT2D eigenvalue weighted by atomic mass is 79.9. The third-order valence-electron chi connectivity index (χ3n) is 4.11. The number of amides is 1. The number of non-ortho nitro benzene ring substituents is 1. The van der Waals surface area contributed by atoms with E-state index in [1.165, 1.54) is 30.1 Å². The molecule has 0 aliphatic heterocycles. The number of hydrazone groups is 1. The molecule has 1 N–H and O–H groups in total. The topological polar surface area (TPSA) is 93.8 Å². The summed E-state index contributed by atoms with van der Waals surface area (Å²) in [6.45, 7) is 0.160. The van der Waals surface area contributed by atoms with E-state index in [2.05, 4.69) is 42.4 Å². The van der Waals surface area contributed by atoms with Crippen LogP contribution in [0.2, 0.25) is 5.02 Å². The van der Waals surface area contributed by atoms with E-state index in [4.69, 9.17) is 16.3 Å². The number of carbonyl (C=O) groups excluding carboxylic acids is 1. The molecule has 3 aromatic rings. The first-order chi connectivity index (χ1) is 15.8. The number of halogens is 3. The fourth-order valence-corrected chi connectivity index (χ4v) is 4.87. The largest absolute Gasteiger partial charge is 0.487 e. The lowest BCUT2D eigenvalue weighted by Gasteiger charge is -2.11. The van der Waals surface area contributed by atoms with E-state index in [1.54, 1.807) is 36.4 Å². The average molecular weight is 614 g/mol. The number of hydrogen-bond acceptors (Lipinski definition) is 6.